The Morgan fingerprint density at radius 3 is 2.75 bits per heavy atom. The van der Waals surface area contributed by atoms with Gasteiger partial charge in [0.15, 0.2) is 0 Å². The lowest BCUT2D eigenvalue weighted by molar-refractivity contribution is -0.116. The van der Waals surface area contributed by atoms with Gasteiger partial charge in [-0.15, -0.1) is 0 Å². The number of allylic oxidation sites excluding steroid dienone is 1. The summed E-state index contributed by atoms with van der Waals surface area (Å²) in [7, 11) is 0. The van der Waals surface area contributed by atoms with E-state index >= 15 is 0 Å². The molecule has 0 aromatic heterocycles. The molecule has 3 heteroatoms. The van der Waals surface area contributed by atoms with Gasteiger partial charge < -0.3 is 9.64 Å². The van der Waals surface area contributed by atoms with Crippen LogP contribution in [0.2, 0.25) is 0 Å². The molecule has 1 rings (SSSR count). The molecule has 0 atom stereocenters. The predicted octanol–water partition coefficient (Wildman–Crippen LogP) is 0.811. The van der Waals surface area contributed by atoms with Crippen LogP contribution in [-0.4, -0.2) is 37.0 Å². The minimum absolute atomic E-state index is 0.208. The molecule has 0 aliphatic carbocycles. The van der Waals surface area contributed by atoms with Crippen molar-refractivity contribution in [3.8, 4) is 0 Å². The molecule has 1 fully saturated rings. The molecule has 1 aliphatic rings. The summed E-state index contributed by atoms with van der Waals surface area (Å²) in [6.45, 7) is 5.07. The third-order valence-electron chi connectivity index (χ3n) is 1.77. The van der Waals surface area contributed by atoms with Gasteiger partial charge >= 0.3 is 0 Å². The normalized spacial score (nSPS) is 18.6. The first-order chi connectivity index (χ1) is 5.79. The predicted molar refractivity (Wildman–Crippen MR) is 46.8 cm³/mol. The van der Waals surface area contributed by atoms with Gasteiger partial charge in [-0.1, -0.05) is 6.08 Å². The highest BCUT2D eigenvalue weighted by Gasteiger charge is 2.04. The Morgan fingerprint density at radius 2 is 2.17 bits per heavy atom. The van der Waals surface area contributed by atoms with Gasteiger partial charge in [-0.2, -0.15) is 0 Å². The summed E-state index contributed by atoms with van der Waals surface area (Å²) in [6, 6.07) is 0. The van der Waals surface area contributed by atoms with Gasteiger partial charge in [0.2, 0.25) is 0 Å². The first-order valence-corrected chi connectivity index (χ1v) is 4.27. The number of Topliss-reactive ketones (excluding diaryl/α,β-unsaturated/α-hetero) is 1. The van der Waals surface area contributed by atoms with Crippen molar-refractivity contribution in [2.45, 2.75) is 13.3 Å². The Kier molecular flexibility index (Phi) is 3.80. The highest BCUT2D eigenvalue weighted by atomic mass is 16.5. The second-order valence-electron chi connectivity index (χ2n) is 2.94. The number of carbonyl (C=O) groups is 1. The number of hydrogen-bond donors (Lipinski definition) is 0. The fourth-order valence-corrected chi connectivity index (χ4v) is 1.09. The summed E-state index contributed by atoms with van der Waals surface area (Å²) in [4.78, 5) is 12.8. The zero-order valence-electron chi connectivity index (χ0n) is 7.45. The Balaban J connectivity index is 2.19. The summed E-state index contributed by atoms with van der Waals surface area (Å²) in [5.74, 6) is 0.208. The summed E-state index contributed by atoms with van der Waals surface area (Å²) in [6.07, 6.45) is 4.44. The maximum absolute atomic E-state index is 10.6. The van der Waals surface area contributed by atoms with E-state index in [1.807, 2.05) is 12.3 Å². The van der Waals surface area contributed by atoms with Gasteiger partial charge in [-0.3, -0.25) is 4.79 Å². The van der Waals surface area contributed by atoms with E-state index in [9.17, 15) is 4.79 Å². The van der Waals surface area contributed by atoms with E-state index in [-0.39, 0.29) is 5.78 Å². The molecule has 0 saturated carbocycles. The van der Waals surface area contributed by atoms with Crippen LogP contribution in [0.4, 0.5) is 0 Å². The van der Waals surface area contributed by atoms with E-state index in [4.69, 9.17) is 4.74 Å². The lowest BCUT2D eigenvalue weighted by atomic mass is 10.3. The van der Waals surface area contributed by atoms with E-state index in [0.29, 0.717) is 6.42 Å². The summed E-state index contributed by atoms with van der Waals surface area (Å²) >= 11 is 0. The van der Waals surface area contributed by atoms with Crippen molar-refractivity contribution in [1.29, 1.82) is 0 Å². The van der Waals surface area contributed by atoms with Crippen LogP contribution in [0.1, 0.15) is 13.3 Å². The van der Waals surface area contributed by atoms with E-state index < -0.39 is 0 Å². The van der Waals surface area contributed by atoms with Crippen molar-refractivity contribution >= 4 is 5.78 Å². The average molecular weight is 169 g/mol. The summed E-state index contributed by atoms with van der Waals surface area (Å²) in [5, 5.41) is 0. The molecular weight excluding hydrogens is 154 g/mol. The highest BCUT2D eigenvalue weighted by molar-refractivity contribution is 5.76. The van der Waals surface area contributed by atoms with Gasteiger partial charge in [-0.25, -0.2) is 0 Å². The quantitative estimate of drug-likeness (QED) is 0.626. The van der Waals surface area contributed by atoms with Gasteiger partial charge in [0.05, 0.1) is 13.2 Å². The standard InChI is InChI=1S/C9H15NO2/c1-9(11)3-2-4-10-5-7-12-8-6-10/h2,4H,3,5-8H2,1H3. The zero-order valence-corrected chi connectivity index (χ0v) is 7.45. The van der Waals surface area contributed by atoms with Crippen molar-refractivity contribution in [3.05, 3.63) is 12.3 Å². The molecule has 0 aromatic carbocycles. The first kappa shape index (κ1) is 9.26. The van der Waals surface area contributed by atoms with E-state index in [1.165, 1.54) is 0 Å². The van der Waals surface area contributed by atoms with Crippen LogP contribution in [-0.2, 0) is 9.53 Å². The topological polar surface area (TPSA) is 29.5 Å². The van der Waals surface area contributed by atoms with Crippen LogP contribution in [0.5, 0.6) is 0 Å². The summed E-state index contributed by atoms with van der Waals surface area (Å²) < 4.78 is 5.18. The Hall–Kier alpha value is -0.830. The van der Waals surface area contributed by atoms with Crippen molar-refractivity contribution in [2.75, 3.05) is 26.3 Å². The van der Waals surface area contributed by atoms with Crippen LogP contribution < -0.4 is 0 Å². The number of morpholine rings is 1. The lowest BCUT2D eigenvalue weighted by Gasteiger charge is -2.24. The van der Waals surface area contributed by atoms with Crippen LogP contribution in [0.15, 0.2) is 12.3 Å². The van der Waals surface area contributed by atoms with Crippen molar-refractivity contribution < 1.29 is 9.53 Å². The monoisotopic (exact) mass is 169 g/mol. The van der Waals surface area contributed by atoms with Crippen LogP contribution in [0.3, 0.4) is 0 Å². The fourth-order valence-electron chi connectivity index (χ4n) is 1.09. The third kappa shape index (κ3) is 3.53. The van der Waals surface area contributed by atoms with Gasteiger partial charge in [0, 0.05) is 19.5 Å². The molecule has 68 valence electrons. The molecule has 0 unspecified atom stereocenters. The van der Waals surface area contributed by atoms with E-state index in [1.54, 1.807) is 6.92 Å². The second kappa shape index (κ2) is 4.93. The largest absolute Gasteiger partial charge is 0.378 e. The third-order valence-corrected chi connectivity index (χ3v) is 1.77. The molecule has 12 heavy (non-hydrogen) atoms. The van der Waals surface area contributed by atoms with Gasteiger partial charge in [0.1, 0.15) is 5.78 Å². The van der Waals surface area contributed by atoms with Gasteiger partial charge in [0.25, 0.3) is 0 Å². The molecule has 0 amide bonds. The second-order valence-corrected chi connectivity index (χ2v) is 2.94. The van der Waals surface area contributed by atoms with Crippen molar-refractivity contribution in [2.24, 2.45) is 0 Å². The number of carbonyl (C=O) groups excluding carboxylic acids is 1. The number of ether oxygens (including phenoxy) is 1. The minimum atomic E-state index is 0.208. The molecule has 0 aromatic rings. The molecule has 0 bridgehead atoms. The molecule has 3 nitrogen and oxygen atoms in total. The van der Waals surface area contributed by atoms with Crippen molar-refractivity contribution in [3.63, 3.8) is 0 Å². The number of nitrogens with zero attached hydrogens (tertiary/aromatic N) is 1. The fraction of sp³-hybridized carbons (Fsp3) is 0.667. The minimum Gasteiger partial charge on any atom is -0.378 e. The smallest absolute Gasteiger partial charge is 0.133 e. The zero-order chi connectivity index (χ0) is 8.81. The van der Waals surface area contributed by atoms with E-state index in [0.717, 1.165) is 26.3 Å². The first-order valence-electron chi connectivity index (χ1n) is 4.27. The molecule has 1 saturated heterocycles. The average Bonchev–Trinajstić information content (AvgIpc) is 2.05. The highest BCUT2D eigenvalue weighted by Crippen LogP contribution is 1.97. The molecule has 0 spiro atoms. The number of hydrogen-bond acceptors (Lipinski definition) is 3. The van der Waals surface area contributed by atoms with Gasteiger partial charge in [-0.05, 0) is 13.1 Å². The maximum atomic E-state index is 10.6. The van der Waals surface area contributed by atoms with Crippen LogP contribution >= 0.6 is 0 Å². The Labute approximate surface area is 73.0 Å². The Morgan fingerprint density at radius 1 is 1.50 bits per heavy atom. The lowest BCUT2D eigenvalue weighted by Crippen LogP contribution is -2.32. The molecule has 0 N–H and O–H groups in total. The van der Waals surface area contributed by atoms with E-state index in [2.05, 4.69) is 4.90 Å². The Bertz CT molecular complexity index is 171. The van der Waals surface area contributed by atoms with Crippen LogP contribution in [0.25, 0.3) is 0 Å². The number of rotatable bonds is 3. The van der Waals surface area contributed by atoms with Crippen molar-refractivity contribution in [1.82, 2.24) is 4.90 Å². The molecule has 1 aliphatic heterocycles. The number of ketones is 1. The molecule has 1 heterocycles. The molecule has 0 radical (unpaired) electrons. The van der Waals surface area contributed by atoms with Crippen LogP contribution in [0, 0.1) is 0 Å². The molecular formula is C9H15NO2. The SMILES string of the molecule is CC(=O)CC=CN1CCOCC1. The summed E-state index contributed by atoms with van der Waals surface area (Å²) in [5.41, 5.74) is 0. The maximum Gasteiger partial charge on any atom is 0.133 e.